The molecular formula is C34H49F2N5O2S. The Kier molecular flexibility index (Phi) is 13.1. The van der Waals surface area contributed by atoms with E-state index in [2.05, 4.69) is 55.2 Å². The van der Waals surface area contributed by atoms with Gasteiger partial charge in [-0.05, 0) is 96.4 Å². The molecule has 0 spiro atoms. The highest BCUT2D eigenvalue weighted by Gasteiger charge is 2.31. The third-order valence-electron chi connectivity index (χ3n) is 7.72. The lowest BCUT2D eigenvalue weighted by atomic mass is 9.90. The van der Waals surface area contributed by atoms with E-state index in [1.807, 2.05) is 30.5 Å². The van der Waals surface area contributed by atoms with Crippen molar-refractivity contribution in [3.63, 3.8) is 0 Å². The van der Waals surface area contributed by atoms with Crippen molar-refractivity contribution in [3.05, 3.63) is 64.6 Å². The van der Waals surface area contributed by atoms with E-state index in [0.717, 1.165) is 59.5 Å². The average molecular weight is 630 g/mol. The molecule has 44 heavy (non-hydrogen) atoms. The molecule has 10 heteroatoms. The minimum absolute atomic E-state index is 0.304. The Morgan fingerprint density at radius 2 is 1.82 bits per heavy atom. The van der Waals surface area contributed by atoms with Crippen LogP contribution in [-0.4, -0.2) is 45.6 Å². The van der Waals surface area contributed by atoms with Crippen LogP contribution >= 0.6 is 11.3 Å². The number of carbonyl (C=O) groups is 1. The summed E-state index contributed by atoms with van der Waals surface area (Å²) in [6, 6.07) is 7.39. The van der Waals surface area contributed by atoms with Gasteiger partial charge in [0.25, 0.3) is 12.3 Å². The number of carbonyl (C=O) groups excluding carboxylic acids is 1. The fourth-order valence-electron chi connectivity index (χ4n) is 4.66. The summed E-state index contributed by atoms with van der Waals surface area (Å²) in [5.41, 5.74) is 3.72. The molecule has 1 aliphatic carbocycles. The number of nitrogens with zero attached hydrogens (tertiary/aromatic N) is 3. The van der Waals surface area contributed by atoms with Gasteiger partial charge in [0.2, 0.25) is 0 Å². The maximum absolute atomic E-state index is 13.3. The van der Waals surface area contributed by atoms with Crippen molar-refractivity contribution in [1.82, 2.24) is 19.9 Å². The number of hydrogen-bond donors (Lipinski definition) is 2. The largest absolute Gasteiger partial charge is 0.376 e. The Hall–Kier alpha value is -3.11. The third kappa shape index (κ3) is 10.2. The summed E-state index contributed by atoms with van der Waals surface area (Å²) in [7, 11) is 0. The van der Waals surface area contributed by atoms with Gasteiger partial charge in [0, 0.05) is 29.2 Å². The molecule has 0 aromatic carbocycles. The molecule has 4 rings (SSSR count). The van der Waals surface area contributed by atoms with Crippen molar-refractivity contribution in [2.45, 2.75) is 112 Å². The van der Waals surface area contributed by atoms with Crippen molar-refractivity contribution < 1.29 is 18.3 Å². The smallest absolute Gasteiger partial charge is 0.261 e. The fraction of sp³-hybridized carbons (Fsp3) is 0.559. The first-order valence-electron chi connectivity index (χ1n) is 15.6. The van der Waals surface area contributed by atoms with Crippen molar-refractivity contribution in [2.24, 2.45) is 5.92 Å². The molecule has 3 aromatic heterocycles. The van der Waals surface area contributed by atoms with E-state index in [9.17, 15) is 13.6 Å². The standard InChI is InChI=1S/C24H27F2N5OS.C10H22O/c1-15-6-4-9-18(28-15)20-14-33-23(30-20)29-19(16-7-5-8-16)12-27-21(32)17-10-11-31(13-17)24(2,3)22(25)26;1-6-9(4)11-10(5)7-8(2)3/h4,6,9-11,13-14,22H,5,7-8,12H2,1-3H3,(H,27,32)(H,29,30);8-10H,6-7H2,1-5H3. The molecule has 0 radical (unpaired) electrons. The van der Waals surface area contributed by atoms with Gasteiger partial charge in [-0.2, -0.15) is 0 Å². The van der Waals surface area contributed by atoms with Gasteiger partial charge >= 0.3 is 0 Å². The molecule has 0 bridgehead atoms. The Morgan fingerprint density at radius 1 is 1.09 bits per heavy atom. The Labute approximate surface area is 265 Å². The van der Waals surface area contributed by atoms with Crippen LogP contribution in [0.2, 0.25) is 0 Å². The molecule has 3 aromatic rings. The fourth-order valence-corrected chi connectivity index (χ4v) is 5.39. The normalized spacial score (nSPS) is 14.5. The van der Waals surface area contributed by atoms with Crippen LogP contribution in [0.3, 0.4) is 0 Å². The molecule has 0 aliphatic heterocycles. The van der Waals surface area contributed by atoms with E-state index < -0.39 is 12.0 Å². The number of allylic oxidation sites excluding steroid dienone is 1. The van der Waals surface area contributed by atoms with E-state index in [0.29, 0.717) is 24.3 Å². The molecule has 3 heterocycles. The molecule has 1 amide bonds. The minimum Gasteiger partial charge on any atom is -0.376 e. The van der Waals surface area contributed by atoms with Gasteiger partial charge in [-0.1, -0.05) is 26.8 Å². The second kappa shape index (κ2) is 16.3. The lowest BCUT2D eigenvalue weighted by Gasteiger charge is -2.25. The summed E-state index contributed by atoms with van der Waals surface area (Å²) in [4.78, 5) is 21.9. The first kappa shape index (κ1) is 35.4. The van der Waals surface area contributed by atoms with E-state index >= 15 is 0 Å². The summed E-state index contributed by atoms with van der Waals surface area (Å²) >= 11 is 1.49. The average Bonchev–Trinajstić information content (AvgIpc) is 3.61. The molecular weight excluding hydrogens is 580 g/mol. The van der Waals surface area contributed by atoms with E-state index in [-0.39, 0.29) is 5.91 Å². The Bertz CT molecular complexity index is 1380. The molecule has 2 atom stereocenters. The molecule has 1 aliphatic rings. The zero-order chi connectivity index (χ0) is 32.4. The summed E-state index contributed by atoms with van der Waals surface area (Å²) < 4.78 is 33.7. The summed E-state index contributed by atoms with van der Waals surface area (Å²) in [5, 5.41) is 8.99. The van der Waals surface area contributed by atoms with Crippen molar-refractivity contribution in [1.29, 1.82) is 0 Å². The zero-order valence-corrected chi connectivity index (χ0v) is 28.2. The first-order valence-corrected chi connectivity index (χ1v) is 16.5. The van der Waals surface area contributed by atoms with Crippen LogP contribution in [0.5, 0.6) is 0 Å². The zero-order valence-electron chi connectivity index (χ0n) is 27.4. The van der Waals surface area contributed by atoms with E-state index in [1.54, 1.807) is 6.07 Å². The summed E-state index contributed by atoms with van der Waals surface area (Å²) in [6.45, 7) is 16.1. The highest BCUT2D eigenvalue weighted by Crippen LogP contribution is 2.31. The highest BCUT2D eigenvalue weighted by molar-refractivity contribution is 7.14. The third-order valence-corrected chi connectivity index (χ3v) is 8.48. The second-order valence-electron chi connectivity index (χ2n) is 12.5. The maximum Gasteiger partial charge on any atom is 0.261 e. The van der Waals surface area contributed by atoms with Gasteiger partial charge < -0.3 is 19.9 Å². The molecule has 2 N–H and O–H groups in total. The van der Waals surface area contributed by atoms with Gasteiger partial charge in [-0.3, -0.25) is 9.78 Å². The number of aryl methyl sites for hydroxylation is 1. The molecule has 1 fully saturated rings. The minimum atomic E-state index is -2.54. The van der Waals surface area contributed by atoms with Crippen molar-refractivity contribution in [3.8, 4) is 11.4 Å². The number of thiazole rings is 1. The summed E-state index contributed by atoms with van der Waals surface area (Å²) in [5.74, 6) is 0.441. The number of alkyl halides is 2. The number of pyridine rings is 1. The number of hydrogen-bond acceptors (Lipinski definition) is 6. The number of halogens is 2. The number of ether oxygens (including phenoxy) is 1. The number of nitrogens with one attached hydrogen (secondary N) is 2. The van der Waals surface area contributed by atoms with Gasteiger partial charge in [0.1, 0.15) is 5.69 Å². The number of rotatable bonds is 13. The van der Waals surface area contributed by atoms with E-state index in [1.165, 1.54) is 54.1 Å². The van der Waals surface area contributed by atoms with E-state index in [4.69, 9.17) is 4.74 Å². The number of amides is 1. The highest BCUT2D eigenvalue weighted by atomic mass is 32.1. The molecule has 7 nitrogen and oxygen atoms in total. The van der Waals surface area contributed by atoms with Crippen molar-refractivity contribution in [2.75, 3.05) is 11.9 Å². The SMILES string of the molecule is CCC(C)OC(C)CC(C)C.Cc1cccc(-c2csc(NC(CNC(=O)c3ccn(C(C)(C)C(F)F)c3)=C3CCC3)n2)n1. The number of anilines is 1. The second-order valence-corrected chi connectivity index (χ2v) is 13.4. The Balaban J connectivity index is 0.000000411. The maximum atomic E-state index is 13.3. The van der Waals surface area contributed by atoms with Gasteiger partial charge in [0.05, 0.1) is 35.5 Å². The van der Waals surface area contributed by atoms with Crippen LogP contribution in [0.4, 0.5) is 13.9 Å². The number of aromatic nitrogens is 3. The van der Waals surface area contributed by atoms with Gasteiger partial charge in [0.15, 0.2) is 5.13 Å². The van der Waals surface area contributed by atoms with Gasteiger partial charge in [-0.25, -0.2) is 13.8 Å². The van der Waals surface area contributed by atoms with Crippen LogP contribution in [0.15, 0.2) is 53.3 Å². The summed E-state index contributed by atoms with van der Waals surface area (Å²) in [6.07, 6.45) is 6.65. The monoisotopic (exact) mass is 629 g/mol. The van der Waals surface area contributed by atoms with Crippen LogP contribution in [0.25, 0.3) is 11.4 Å². The molecule has 0 saturated heterocycles. The van der Waals surface area contributed by atoms with Crippen LogP contribution in [-0.2, 0) is 10.3 Å². The molecule has 242 valence electrons. The topological polar surface area (TPSA) is 81.1 Å². The molecule has 2 unspecified atom stereocenters. The molecule has 1 saturated carbocycles. The van der Waals surface area contributed by atoms with Crippen LogP contribution in [0.1, 0.15) is 96.6 Å². The van der Waals surface area contributed by atoms with Crippen LogP contribution in [0, 0.1) is 12.8 Å². The lowest BCUT2D eigenvalue weighted by molar-refractivity contribution is -0.00337. The van der Waals surface area contributed by atoms with Crippen LogP contribution < -0.4 is 10.6 Å². The lowest BCUT2D eigenvalue weighted by Crippen LogP contribution is -2.33. The predicted molar refractivity (Wildman–Crippen MR) is 176 cm³/mol. The van der Waals surface area contributed by atoms with Gasteiger partial charge in [-0.15, -0.1) is 11.3 Å². The van der Waals surface area contributed by atoms with Crippen molar-refractivity contribution >= 4 is 22.4 Å². The first-order chi connectivity index (χ1) is 20.8. The predicted octanol–water partition coefficient (Wildman–Crippen LogP) is 8.83. The Morgan fingerprint density at radius 3 is 2.41 bits per heavy atom. The quantitative estimate of drug-likeness (QED) is 0.197.